The number of hydrogen-bond donors (Lipinski definition) is 1. The maximum atomic E-state index is 12.5. The van der Waals surface area contributed by atoms with Gasteiger partial charge in [-0.1, -0.05) is 39.3 Å². The van der Waals surface area contributed by atoms with Crippen LogP contribution < -0.4 is 5.32 Å². The Hall–Kier alpha value is -2.47. The summed E-state index contributed by atoms with van der Waals surface area (Å²) in [6.07, 6.45) is 0. The van der Waals surface area contributed by atoms with Gasteiger partial charge in [-0.3, -0.25) is 4.79 Å². The lowest BCUT2D eigenvalue weighted by Crippen LogP contribution is -2.15. The lowest BCUT2D eigenvalue weighted by Gasteiger charge is -2.08. The minimum Gasteiger partial charge on any atom is -0.320 e. The highest BCUT2D eigenvalue weighted by atomic mass is 79.9. The Balaban J connectivity index is 1.88. The normalized spacial score (nSPS) is 10.6. The molecule has 0 aliphatic rings. The van der Waals surface area contributed by atoms with Gasteiger partial charge in [-0.05, 0) is 49.7 Å². The summed E-state index contributed by atoms with van der Waals surface area (Å²) in [6, 6.07) is 15.3. The summed E-state index contributed by atoms with van der Waals surface area (Å²) < 4.78 is 2.63. The average Bonchev–Trinajstić information content (AvgIpc) is 2.92. The molecule has 2 aromatic carbocycles. The fourth-order valence-corrected chi connectivity index (χ4v) is 2.78. The number of anilines is 1. The molecule has 0 fully saturated rings. The topological polar surface area (TPSA) is 59.8 Å². The third kappa shape index (κ3) is 3.17. The number of amides is 1. The maximum Gasteiger partial charge on any atom is 0.278 e. The van der Waals surface area contributed by atoms with E-state index in [2.05, 4.69) is 31.6 Å². The second-order valence-corrected chi connectivity index (χ2v) is 6.10. The zero-order valence-corrected chi connectivity index (χ0v) is 14.3. The molecule has 0 saturated heterocycles. The van der Waals surface area contributed by atoms with E-state index in [4.69, 9.17) is 0 Å². The molecule has 1 heterocycles. The number of nitrogens with one attached hydrogen (secondary N) is 1. The van der Waals surface area contributed by atoms with Crippen molar-refractivity contribution >= 4 is 27.5 Å². The van der Waals surface area contributed by atoms with Crippen LogP contribution in [0.4, 0.5) is 5.69 Å². The molecule has 3 aromatic rings. The van der Waals surface area contributed by atoms with Crippen molar-refractivity contribution in [3.63, 3.8) is 0 Å². The molecule has 116 valence electrons. The van der Waals surface area contributed by atoms with Gasteiger partial charge in [-0.15, -0.1) is 5.10 Å². The average molecular weight is 371 g/mol. The first kappa shape index (κ1) is 15.4. The molecule has 1 amide bonds. The molecular formula is C17H15BrN4O. The number of aryl methyl sites for hydroxylation is 1. The molecule has 6 heteroatoms. The van der Waals surface area contributed by atoms with Gasteiger partial charge < -0.3 is 5.32 Å². The van der Waals surface area contributed by atoms with Crippen molar-refractivity contribution in [1.82, 2.24) is 15.0 Å². The molecule has 0 radical (unpaired) electrons. The number of nitrogens with zero attached hydrogens (tertiary/aromatic N) is 3. The minimum absolute atomic E-state index is 0.268. The van der Waals surface area contributed by atoms with E-state index in [0.29, 0.717) is 11.4 Å². The summed E-state index contributed by atoms with van der Waals surface area (Å²) in [5.74, 6) is -0.268. The molecule has 0 spiro atoms. The maximum absolute atomic E-state index is 12.5. The van der Waals surface area contributed by atoms with Crippen LogP contribution in [0, 0.1) is 13.8 Å². The van der Waals surface area contributed by atoms with Crippen LogP contribution in [0.2, 0.25) is 0 Å². The molecule has 0 aliphatic carbocycles. The molecule has 3 rings (SSSR count). The van der Waals surface area contributed by atoms with Gasteiger partial charge >= 0.3 is 0 Å². The summed E-state index contributed by atoms with van der Waals surface area (Å²) in [4.78, 5) is 12.5. The smallest absolute Gasteiger partial charge is 0.278 e. The third-order valence-corrected chi connectivity index (χ3v) is 4.04. The number of halogens is 1. The first-order valence-corrected chi connectivity index (χ1v) is 7.91. The highest BCUT2D eigenvalue weighted by molar-refractivity contribution is 9.10. The summed E-state index contributed by atoms with van der Waals surface area (Å²) in [6.45, 7) is 3.77. The van der Waals surface area contributed by atoms with E-state index in [9.17, 15) is 4.79 Å². The summed E-state index contributed by atoms with van der Waals surface area (Å²) in [7, 11) is 0. The first-order chi connectivity index (χ1) is 11.1. The van der Waals surface area contributed by atoms with Crippen molar-refractivity contribution in [2.24, 2.45) is 0 Å². The van der Waals surface area contributed by atoms with Gasteiger partial charge in [0.1, 0.15) is 0 Å². The van der Waals surface area contributed by atoms with Crippen molar-refractivity contribution in [2.75, 3.05) is 5.32 Å². The molecule has 0 bridgehead atoms. The van der Waals surface area contributed by atoms with Crippen LogP contribution in [0.25, 0.3) is 5.69 Å². The van der Waals surface area contributed by atoms with Crippen molar-refractivity contribution in [1.29, 1.82) is 0 Å². The van der Waals surface area contributed by atoms with Crippen molar-refractivity contribution in [2.45, 2.75) is 13.8 Å². The number of rotatable bonds is 3. The Kier molecular flexibility index (Phi) is 4.25. The van der Waals surface area contributed by atoms with Crippen LogP contribution in [0.1, 0.15) is 21.7 Å². The number of para-hydroxylation sites is 1. The largest absolute Gasteiger partial charge is 0.320 e. The van der Waals surface area contributed by atoms with Crippen LogP contribution in [-0.2, 0) is 0 Å². The second-order valence-electron chi connectivity index (χ2n) is 5.18. The van der Waals surface area contributed by atoms with Crippen molar-refractivity contribution in [3.05, 3.63) is 70.0 Å². The number of hydrogen-bond acceptors (Lipinski definition) is 3. The van der Waals surface area contributed by atoms with Crippen molar-refractivity contribution in [3.8, 4) is 5.69 Å². The lowest BCUT2D eigenvalue weighted by atomic mass is 10.2. The van der Waals surface area contributed by atoms with E-state index in [1.165, 1.54) is 0 Å². The summed E-state index contributed by atoms with van der Waals surface area (Å²) in [5.41, 5.74) is 3.61. The Bertz CT molecular complexity index is 858. The van der Waals surface area contributed by atoms with E-state index in [1.54, 1.807) is 4.68 Å². The minimum atomic E-state index is -0.268. The summed E-state index contributed by atoms with van der Waals surface area (Å²) in [5, 5.41) is 11.0. The van der Waals surface area contributed by atoms with Gasteiger partial charge in [-0.2, -0.15) is 0 Å². The zero-order chi connectivity index (χ0) is 16.4. The highest BCUT2D eigenvalue weighted by Gasteiger charge is 2.18. The third-order valence-electron chi connectivity index (χ3n) is 3.55. The van der Waals surface area contributed by atoms with Crippen LogP contribution in [0.15, 0.2) is 53.0 Å². The number of carbonyl (C=O) groups is 1. The van der Waals surface area contributed by atoms with E-state index >= 15 is 0 Å². The van der Waals surface area contributed by atoms with E-state index < -0.39 is 0 Å². The van der Waals surface area contributed by atoms with Gasteiger partial charge in [0.2, 0.25) is 0 Å². The molecule has 1 N–H and O–H groups in total. The SMILES string of the molecule is Cc1cc(Br)ccc1NC(=O)c1nnn(-c2ccccc2)c1C. The summed E-state index contributed by atoms with van der Waals surface area (Å²) >= 11 is 3.41. The molecule has 1 aromatic heterocycles. The fraction of sp³-hybridized carbons (Fsp3) is 0.118. The van der Waals surface area contributed by atoms with Crippen LogP contribution in [-0.4, -0.2) is 20.9 Å². The molecule has 23 heavy (non-hydrogen) atoms. The zero-order valence-electron chi connectivity index (χ0n) is 12.7. The molecule has 0 aliphatic heterocycles. The fourth-order valence-electron chi connectivity index (χ4n) is 2.30. The van der Waals surface area contributed by atoms with Gasteiger partial charge in [0.05, 0.1) is 11.4 Å². The van der Waals surface area contributed by atoms with Gasteiger partial charge in [0.25, 0.3) is 5.91 Å². The van der Waals surface area contributed by atoms with E-state index in [0.717, 1.165) is 21.4 Å². The number of carbonyl (C=O) groups excluding carboxylic acids is 1. The van der Waals surface area contributed by atoms with Gasteiger partial charge in [-0.25, -0.2) is 4.68 Å². The second kappa shape index (κ2) is 6.34. The lowest BCUT2D eigenvalue weighted by molar-refractivity contribution is 0.102. The Morgan fingerprint density at radius 2 is 1.87 bits per heavy atom. The number of aromatic nitrogens is 3. The standard InChI is InChI=1S/C17H15BrN4O/c1-11-10-13(18)8-9-15(11)19-17(23)16-12(2)22(21-20-16)14-6-4-3-5-7-14/h3-10H,1-2H3,(H,19,23). The molecule has 0 unspecified atom stereocenters. The van der Waals surface area contributed by atoms with E-state index in [-0.39, 0.29) is 5.91 Å². The van der Waals surface area contributed by atoms with E-state index in [1.807, 2.05) is 62.4 Å². The van der Waals surface area contributed by atoms with Crippen molar-refractivity contribution < 1.29 is 4.79 Å². The molecule has 0 atom stereocenters. The highest BCUT2D eigenvalue weighted by Crippen LogP contribution is 2.21. The predicted octanol–water partition coefficient (Wildman–Crippen LogP) is 3.90. The monoisotopic (exact) mass is 370 g/mol. The van der Waals surface area contributed by atoms with Gasteiger partial charge in [0.15, 0.2) is 5.69 Å². The Labute approximate surface area is 142 Å². The quantitative estimate of drug-likeness (QED) is 0.760. The van der Waals surface area contributed by atoms with Crippen LogP contribution >= 0.6 is 15.9 Å². The van der Waals surface area contributed by atoms with Gasteiger partial charge in [0, 0.05) is 10.2 Å². The first-order valence-electron chi connectivity index (χ1n) is 7.11. The molecular weight excluding hydrogens is 356 g/mol. The predicted molar refractivity (Wildman–Crippen MR) is 92.9 cm³/mol. The Morgan fingerprint density at radius 1 is 1.13 bits per heavy atom. The molecule has 0 saturated carbocycles. The molecule has 5 nitrogen and oxygen atoms in total. The van der Waals surface area contributed by atoms with Crippen LogP contribution in [0.3, 0.4) is 0 Å². The Morgan fingerprint density at radius 3 is 2.57 bits per heavy atom. The van der Waals surface area contributed by atoms with Crippen LogP contribution in [0.5, 0.6) is 0 Å². The number of benzene rings is 2.